The van der Waals surface area contributed by atoms with Gasteiger partial charge in [-0.1, -0.05) is 18.5 Å². The van der Waals surface area contributed by atoms with Gasteiger partial charge in [-0.15, -0.1) is 0 Å². The lowest BCUT2D eigenvalue weighted by Gasteiger charge is -2.09. The molecule has 1 N–H and O–H groups in total. The van der Waals surface area contributed by atoms with Crippen LogP contribution in [0, 0.1) is 0 Å². The zero-order chi connectivity index (χ0) is 13.7. The molecular weight excluding hydrogens is 266 g/mol. The van der Waals surface area contributed by atoms with Gasteiger partial charge in [0.25, 0.3) is 5.56 Å². The van der Waals surface area contributed by atoms with E-state index in [2.05, 4.69) is 20.4 Å². The third-order valence-corrected chi connectivity index (χ3v) is 2.89. The Morgan fingerprint density at radius 2 is 2.32 bits per heavy atom. The van der Waals surface area contributed by atoms with Gasteiger partial charge in [-0.25, -0.2) is 14.6 Å². The number of rotatable bonds is 5. The fraction of sp³-hybridized carbons (Fsp3) is 0.333. The molecule has 0 aliphatic rings. The Morgan fingerprint density at radius 3 is 3.00 bits per heavy atom. The number of halogens is 1. The molecule has 0 bridgehead atoms. The van der Waals surface area contributed by atoms with Crippen LogP contribution in [0.15, 0.2) is 29.6 Å². The van der Waals surface area contributed by atoms with Crippen molar-refractivity contribution >= 4 is 17.3 Å². The van der Waals surface area contributed by atoms with Crippen LogP contribution in [0.4, 0.5) is 5.69 Å². The smallest absolute Gasteiger partial charge is 0.287 e. The van der Waals surface area contributed by atoms with E-state index in [0.29, 0.717) is 18.8 Å². The maximum Gasteiger partial charge on any atom is 0.287 e. The van der Waals surface area contributed by atoms with E-state index in [1.54, 1.807) is 18.5 Å². The summed E-state index contributed by atoms with van der Waals surface area (Å²) in [6.07, 6.45) is 5.51. The molecule has 0 saturated heterocycles. The number of anilines is 1. The summed E-state index contributed by atoms with van der Waals surface area (Å²) >= 11 is 6.03. The van der Waals surface area contributed by atoms with Gasteiger partial charge in [-0.3, -0.25) is 4.79 Å². The molecule has 0 spiro atoms. The zero-order valence-electron chi connectivity index (χ0n) is 10.5. The number of nitrogens with one attached hydrogen (secondary N) is 1. The fourth-order valence-electron chi connectivity index (χ4n) is 1.57. The highest BCUT2D eigenvalue weighted by atomic mass is 35.5. The summed E-state index contributed by atoms with van der Waals surface area (Å²) in [4.78, 5) is 19.8. The summed E-state index contributed by atoms with van der Waals surface area (Å²) in [6.45, 7) is 3.00. The first-order chi connectivity index (χ1) is 9.22. The van der Waals surface area contributed by atoms with E-state index in [-0.39, 0.29) is 10.6 Å². The lowest BCUT2D eigenvalue weighted by Crippen LogP contribution is -2.24. The fourth-order valence-corrected chi connectivity index (χ4v) is 1.78. The van der Waals surface area contributed by atoms with Crippen molar-refractivity contribution in [2.75, 3.05) is 5.32 Å². The second-order valence-corrected chi connectivity index (χ2v) is 4.33. The Kier molecular flexibility index (Phi) is 4.46. The standard InChI is InChI=1S/C12H14ClN5O/c1-2-5-18-12(19)11(13)10(7-17-18)15-6-9-3-4-14-8-16-9/h3-4,7-8,15H,2,5-6H2,1H3. The van der Waals surface area contributed by atoms with Crippen LogP contribution in [0.25, 0.3) is 0 Å². The SMILES string of the molecule is CCCn1ncc(NCc2ccncn2)c(Cl)c1=O. The van der Waals surface area contributed by atoms with Gasteiger partial charge in [-0.2, -0.15) is 5.10 Å². The molecule has 2 rings (SSSR count). The maximum absolute atomic E-state index is 11.9. The highest BCUT2D eigenvalue weighted by molar-refractivity contribution is 6.32. The topological polar surface area (TPSA) is 72.7 Å². The van der Waals surface area contributed by atoms with Crippen molar-refractivity contribution in [1.82, 2.24) is 19.7 Å². The normalized spacial score (nSPS) is 10.4. The molecule has 0 radical (unpaired) electrons. The average molecular weight is 280 g/mol. The van der Waals surface area contributed by atoms with Crippen molar-refractivity contribution in [2.45, 2.75) is 26.4 Å². The Labute approximate surface area is 115 Å². The van der Waals surface area contributed by atoms with Crippen LogP contribution in [0.1, 0.15) is 19.0 Å². The first-order valence-electron chi connectivity index (χ1n) is 5.96. The zero-order valence-corrected chi connectivity index (χ0v) is 11.3. The second kappa shape index (κ2) is 6.29. The van der Waals surface area contributed by atoms with Gasteiger partial charge < -0.3 is 5.32 Å². The Bertz CT molecular complexity index is 599. The largest absolute Gasteiger partial charge is 0.377 e. The number of hydrogen-bond donors (Lipinski definition) is 1. The van der Waals surface area contributed by atoms with Gasteiger partial charge in [0.05, 0.1) is 24.1 Å². The monoisotopic (exact) mass is 279 g/mol. The van der Waals surface area contributed by atoms with E-state index in [1.807, 2.05) is 6.92 Å². The van der Waals surface area contributed by atoms with E-state index in [0.717, 1.165) is 12.1 Å². The molecule has 0 amide bonds. The first kappa shape index (κ1) is 13.5. The predicted molar refractivity (Wildman–Crippen MR) is 73.2 cm³/mol. The lowest BCUT2D eigenvalue weighted by molar-refractivity contribution is 0.568. The summed E-state index contributed by atoms with van der Waals surface area (Å²) in [5.74, 6) is 0. The van der Waals surface area contributed by atoms with Crippen LogP contribution in [0.3, 0.4) is 0 Å². The van der Waals surface area contributed by atoms with Gasteiger partial charge >= 0.3 is 0 Å². The summed E-state index contributed by atoms with van der Waals surface area (Å²) in [7, 11) is 0. The van der Waals surface area contributed by atoms with Crippen molar-refractivity contribution < 1.29 is 0 Å². The molecule has 19 heavy (non-hydrogen) atoms. The molecule has 0 unspecified atom stereocenters. The minimum atomic E-state index is -0.281. The molecule has 0 aliphatic heterocycles. The van der Waals surface area contributed by atoms with Crippen molar-refractivity contribution in [1.29, 1.82) is 0 Å². The number of nitrogens with zero attached hydrogens (tertiary/aromatic N) is 4. The molecule has 2 heterocycles. The van der Waals surface area contributed by atoms with E-state index in [1.165, 1.54) is 11.0 Å². The molecule has 6 nitrogen and oxygen atoms in total. The molecule has 100 valence electrons. The van der Waals surface area contributed by atoms with E-state index in [9.17, 15) is 4.79 Å². The third kappa shape index (κ3) is 3.29. The Hall–Kier alpha value is -1.95. The van der Waals surface area contributed by atoms with E-state index < -0.39 is 0 Å². The van der Waals surface area contributed by atoms with Crippen molar-refractivity contribution in [2.24, 2.45) is 0 Å². The molecule has 2 aromatic rings. The summed E-state index contributed by atoms with van der Waals surface area (Å²) in [5, 5.41) is 7.26. The van der Waals surface area contributed by atoms with Crippen LogP contribution < -0.4 is 10.9 Å². The molecule has 0 aliphatic carbocycles. The van der Waals surface area contributed by atoms with Gasteiger partial charge in [0.2, 0.25) is 0 Å². The highest BCUT2D eigenvalue weighted by Crippen LogP contribution is 2.15. The minimum absolute atomic E-state index is 0.150. The Balaban J connectivity index is 2.13. The third-order valence-electron chi connectivity index (χ3n) is 2.52. The van der Waals surface area contributed by atoms with Crippen molar-refractivity contribution in [3.8, 4) is 0 Å². The molecule has 2 aromatic heterocycles. The summed E-state index contributed by atoms with van der Waals surface area (Å²) in [5.41, 5.74) is 1.04. The molecule has 0 saturated carbocycles. The van der Waals surface area contributed by atoms with Crippen LogP contribution in [-0.4, -0.2) is 19.7 Å². The number of aryl methyl sites for hydroxylation is 1. The van der Waals surface area contributed by atoms with E-state index >= 15 is 0 Å². The minimum Gasteiger partial charge on any atom is -0.377 e. The van der Waals surface area contributed by atoms with Crippen molar-refractivity contribution in [3.05, 3.63) is 45.9 Å². The highest BCUT2D eigenvalue weighted by Gasteiger charge is 2.08. The summed E-state index contributed by atoms with van der Waals surface area (Å²) in [6, 6.07) is 1.78. The van der Waals surface area contributed by atoms with Gasteiger partial charge in [-0.05, 0) is 12.5 Å². The molecule has 7 heteroatoms. The van der Waals surface area contributed by atoms with E-state index in [4.69, 9.17) is 11.6 Å². The van der Waals surface area contributed by atoms with Crippen molar-refractivity contribution in [3.63, 3.8) is 0 Å². The van der Waals surface area contributed by atoms with Crippen LogP contribution in [0.5, 0.6) is 0 Å². The average Bonchev–Trinajstić information content (AvgIpc) is 2.44. The summed E-state index contributed by atoms with van der Waals surface area (Å²) < 4.78 is 1.36. The number of aromatic nitrogens is 4. The predicted octanol–water partition coefficient (Wildman–Crippen LogP) is 1.71. The number of hydrogen-bond acceptors (Lipinski definition) is 5. The van der Waals surface area contributed by atoms with Gasteiger partial charge in [0.1, 0.15) is 11.3 Å². The Morgan fingerprint density at radius 1 is 1.47 bits per heavy atom. The van der Waals surface area contributed by atoms with Gasteiger partial charge in [0, 0.05) is 12.7 Å². The molecule has 0 atom stereocenters. The lowest BCUT2D eigenvalue weighted by atomic mass is 10.3. The van der Waals surface area contributed by atoms with Gasteiger partial charge in [0.15, 0.2) is 0 Å². The van der Waals surface area contributed by atoms with Crippen LogP contribution >= 0.6 is 11.6 Å². The maximum atomic E-state index is 11.9. The first-order valence-corrected chi connectivity index (χ1v) is 6.34. The quantitative estimate of drug-likeness (QED) is 0.902. The molecule has 0 aromatic carbocycles. The molecule has 0 fully saturated rings. The second-order valence-electron chi connectivity index (χ2n) is 3.95. The van der Waals surface area contributed by atoms with Crippen LogP contribution in [-0.2, 0) is 13.1 Å². The van der Waals surface area contributed by atoms with Crippen LogP contribution in [0.2, 0.25) is 5.02 Å². The molecular formula is C12H14ClN5O.